The van der Waals surface area contributed by atoms with Crippen LogP contribution in [0.4, 0.5) is 13.2 Å². The number of nitrogens with zero attached hydrogens (tertiary/aromatic N) is 3. The lowest BCUT2D eigenvalue weighted by atomic mass is 9.95. The number of hydrogen-bond acceptors (Lipinski definition) is 3. The standard InChI is InChI=1S/C14H17F3N4O2/c1-20-11(7-2-3-7)8(4-19-20)13(23)21-5-9(12(18)22)10(6-21)14(15,16)17/h4,7,9-10H,2-3,5-6H2,1H3,(H2,18,22)/t9-,10-/m1/s1. The summed E-state index contributed by atoms with van der Waals surface area (Å²) >= 11 is 0. The first kappa shape index (κ1) is 15.8. The Balaban J connectivity index is 1.85. The summed E-state index contributed by atoms with van der Waals surface area (Å²) < 4.78 is 40.8. The van der Waals surface area contributed by atoms with E-state index in [4.69, 9.17) is 5.73 Å². The molecule has 0 spiro atoms. The Kier molecular flexibility index (Phi) is 3.61. The molecule has 2 N–H and O–H groups in total. The number of amides is 2. The molecule has 0 radical (unpaired) electrons. The van der Waals surface area contributed by atoms with Crippen molar-refractivity contribution in [2.45, 2.75) is 24.9 Å². The van der Waals surface area contributed by atoms with Crippen LogP contribution in [-0.4, -0.2) is 45.8 Å². The number of aromatic nitrogens is 2. The normalized spacial score (nSPS) is 25.0. The predicted octanol–water partition coefficient (Wildman–Crippen LogP) is 1.03. The smallest absolute Gasteiger partial charge is 0.369 e. The highest BCUT2D eigenvalue weighted by molar-refractivity contribution is 5.96. The molecule has 9 heteroatoms. The highest BCUT2D eigenvalue weighted by Crippen LogP contribution is 2.42. The molecular weight excluding hydrogens is 313 g/mol. The fraction of sp³-hybridized carbons (Fsp3) is 0.643. The van der Waals surface area contributed by atoms with E-state index < -0.39 is 36.4 Å². The highest BCUT2D eigenvalue weighted by Gasteiger charge is 2.53. The van der Waals surface area contributed by atoms with Gasteiger partial charge >= 0.3 is 6.18 Å². The fourth-order valence-electron chi connectivity index (χ4n) is 3.21. The monoisotopic (exact) mass is 330 g/mol. The van der Waals surface area contributed by atoms with E-state index in [1.54, 1.807) is 11.7 Å². The molecule has 0 aromatic carbocycles. The van der Waals surface area contributed by atoms with Crippen molar-refractivity contribution in [1.82, 2.24) is 14.7 Å². The van der Waals surface area contributed by atoms with E-state index in [9.17, 15) is 22.8 Å². The summed E-state index contributed by atoms with van der Waals surface area (Å²) in [6, 6.07) is 0. The highest BCUT2D eigenvalue weighted by atomic mass is 19.4. The number of primary amides is 1. The van der Waals surface area contributed by atoms with Gasteiger partial charge in [-0.2, -0.15) is 18.3 Å². The molecule has 1 saturated carbocycles. The Morgan fingerprint density at radius 1 is 1.30 bits per heavy atom. The van der Waals surface area contributed by atoms with Gasteiger partial charge in [0.2, 0.25) is 5.91 Å². The van der Waals surface area contributed by atoms with Gasteiger partial charge in [-0.1, -0.05) is 0 Å². The number of aryl methyl sites for hydroxylation is 1. The second kappa shape index (κ2) is 5.24. The van der Waals surface area contributed by atoms with Gasteiger partial charge in [-0.25, -0.2) is 0 Å². The van der Waals surface area contributed by atoms with Crippen LogP contribution in [0.5, 0.6) is 0 Å². The molecule has 6 nitrogen and oxygen atoms in total. The van der Waals surface area contributed by atoms with E-state index >= 15 is 0 Å². The van der Waals surface area contributed by atoms with Crippen molar-refractivity contribution in [2.75, 3.05) is 13.1 Å². The molecule has 126 valence electrons. The van der Waals surface area contributed by atoms with Gasteiger partial charge < -0.3 is 10.6 Å². The van der Waals surface area contributed by atoms with E-state index in [0.717, 1.165) is 23.4 Å². The molecule has 0 unspecified atom stereocenters. The third kappa shape index (κ3) is 2.79. The molecule has 3 rings (SSSR count). The summed E-state index contributed by atoms with van der Waals surface area (Å²) in [4.78, 5) is 25.0. The SMILES string of the molecule is Cn1ncc(C(=O)N2C[C@@H](C(F)(F)F)[C@H](C(N)=O)C2)c1C1CC1. The molecule has 1 saturated heterocycles. The predicted molar refractivity (Wildman–Crippen MR) is 73.3 cm³/mol. The van der Waals surface area contributed by atoms with Crippen molar-refractivity contribution >= 4 is 11.8 Å². The van der Waals surface area contributed by atoms with Crippen LogP contribution in [0.25, 0.3) is 0 Å². The third-order valence-electron chi connectivity index (χ3n) is 4.57. The quantitative estimate of drug-likeness (QED) is 0.899. The van der Waals surface area contributed by atoms with Gasteiger partial charge in [0.1, 0.15) is 0 Å². The van der Waals surface area contributed by atoms with Gasteiger partial charge in [-0.05, 0) is 12.8 Å². The van der Waals surface area contributed by atoms with Crippen LogP contribution in [0.2, 0.25) is 0 Å². The molecule has 2 aliphatic rings. The number of carbonyl (C=O) groups excluding carboxylic acids is 2. The van der Waals surface area contributed by atoms with Gasteiger partial charge in [0.15, 0.2) is 0 Å². The Morgan fingerprint density at radius 3 is 2.43 bits per heavy atom. The molecular formula is C14H17F3N4O2. The van der Waals surface area contributed by atoms with Crippen molar-refractivity contribution in [3.63, 3.8) is 0 Å². The van der Waals surface area contributed by atoms with Crippen molar-refractivity contribution in [2.24, 2.45) is 24.6 Å². The largest absolute Gasteiger partial charge is 0.394 e. The van der Waals surface area contributed by atoms with Crippen LogP contribution >= 0.6 is 0 Å². The second-order valence-electron chi connectivity index (χ2n) is 6.21. The van der Waals surface area contributed by atoms with Gasteiger partial charge in [0.25, 0.3) is 5.91 Å². The molecule has 1 aliphatic heterocycles. The summed E-state index contributed by atoms with van der Waals surface area (Å²) in [5.74, 6) is -4.63. The lowest BCUT2D eigenvalue weighted by Crippen LogP contribution is -2.37. The number of alkyl halides is 3. The van der Waals surface area contributed by atoms with Gasteiger partial charge in [-0.3, -0.25) is 14.3 Å². The number of rotatable bonds is 3. The first-order valence-corrected chi connectivity index (χ1v) is 7.37. The van der Waals surface area contributed by atoms with Crippen molar-refractivity contribution < 1.29 is 22.8 Å². The lowest BCUT2D eigenvalue weighted by molar-refractivity contribution is -0.182. The Morgan fingerprint density at radius 2 is 1.96 bits per heavy atom. The van der Waals surface area contributed by atoms with E-state index in [1.807, 2.05) is 0 Å². The van der Waals surface area contributed by atoms with Crippen LogP contribution in [0.15, 0.2) is 6.20 Å². The lowest BCUT2D eigenvalue weighted by Gasteiger charge is -2.18. The topological polar surface area (TPSA) is 81.2 Å². The minimum Gasteiger partial charge on any atom is -0.369 e. The molecule has 1 aromatic heterocycles. The minimum atomic E-state index is -4.57. The minimum absolute atomic E-state index is 0.231. The first-order valence-electron chi connectivity index (χ1n) is 7.37. The van der Waals surface area contributed by atoms with Crippen LogP contribution in [0, 0.1) is 11.8 Å². The third-order valence-corrected chi connectivity index (χ3v) is 4.57. The second-order valence-corrected chi connectivity index (χ2v) is 6.21. The van der Waals surface area contributed by atoms with Crippen LogP contribution < -0.4 is 5.73 Å². The average Bonchev–Trinajstić information content (AvgIpc) is 3.04. The zero-order chi connectivity index (χ0) is 16.9. The van der Waals surface area contributed by atoms with Gasteiger partial charge in [0.05, 0.1) is 29.3 Å². The summed E-state index contributed by atoms with van der Waals surface area (Å²) in [7, 11) is 1.71. The van der Waals surface area contributed by atoms with Crippen molar-refractivity contribution in [1.29, 1.82) is 0 Å². The molecule has 23 heavy (non-hydrogen) atoms. The zero-order valence-electron chi connectivity index (χ0n) is 12.5. The summed E-state index contributed by atoms with van der Waals surface area (Å²) in [6.45, 7) is -0.855. The first-order chi connectivity index (χ1) is 10.7. The number of halogens is 3. The molecule has 2 heterocycles. The fourth-order valence-corrected chi connectivity index (χ4v) is 3.21. The zero-order valence-corrected chi connectivity index (χ0v) is 12.5. The number of nitrogens with two attached hydrogens (primary N) is 1. The van der Waals surface area contributed by atoms with E-state index in [1.165, 1.54) is 6.20 Å². The summed E-state index contributed by atoms with van der Waals surface area (Å²) in [6.07, 6.45) is -1.30. The molecule has 2 atom stereocenters. The maximum absolute atomic E-state index is 13.1. The van der Waals surface area contributed by atoms with Crippen molar-refractivity contribution in [3.8, 4) is 0 Å². The maximum Gasteiger partial charge on any atom is 0.394 e. The van der Waals surface area contributed by atoms with Crippen LogP contribution in [-0.2, 0) is 11.8 Å². The molecule has 0 bridgehead atoms. The van der Waals surface area contributed by atoms with E-state index in [-0.39, 0.29) is 12.5 Å². The number of likely N-dealkylation sites (tertiary alicyclic amines) is 1. The Labute approximate surface area is 130 Å². The maximum atomic E-state index is 13.1. The van der Waals surface area contributed by atoms with Crippen LogP contribution in [0.1, 0.15) is 34.8 Å². The number of carbonyl (C=O) groups is 2. The molecule has 2 amide bonds. The van der Waals surface area contributed by atoms with Gasteiger partial charge in [0, 0.05) is 26.1 Å². The number of hydrogen-bond donors (Lipinski definition) is 1. The Bertz CT molecular complexity index is 651. The summed E-state index contributed by atoms with van der Waals surface area (Å²) in [5.41, 5.74) is 6.16. The van der Waals surface area contributed by atoms with E-state index in [0.29, 0.717) is 5.56 Å². The molecule has 1 aliphatic carbocycles. The van der Waals surface area contributed by atoms with Gasteiger partial charge in [-0.15, -0.1) is 0 Å². The van der Waals surface area contributed by atoms with Crippen molar-refractivity contribution in [3.05, 3.63) is 17.5 Å². The average molecular weight is 330 g/mol. The molecule has 1 aromatic rings. The van der Waals surface area contributed by atoms with Crippen LogP contribution in [0.3, 0.4) is 0 Å². The molecule has 2 fully saturated rings. The Hall–Kier alpha value is -2.06. The van der Waals surface area contributed by atoms with E-state index in [2.05, 4.69) is 5.10 Å². The summed E-state index contributed by atoms with van der Waals surface area (Å²) in [5, 5.41) is 4.05.